The summed E-state index contributed by atoms with van der Waals surface area (Å²) in [5.41, 5.74) is -4.52. The van der Waals surface area contributed by atoms with Crippen LogP contribution in [0.15, 0.2) is 0 Å². The van der Waals surface area contributed by atoms with Gasteiger partial charge in [0, 0.05) is 0 Å². The van der Waals surface area contributed by atoms with Crippen molar-refractivity contribution in [3.63, 3.8) is 0 Å². The van der Waals surface area contributed by atoms with Gasteiger partial charge in [0.05, 0.1) is 11.1 Å². The summed E-state index contributed by atoms with van der Waals surface area (Å²) in [5.74, 6) is -26.6. The molecule has 0 spiro atoms. The smallest absolute Gasteiger partial charge is 0.200 e. The number of hydrogen-bond donors (Lipinski definition) is 0. The lowest BCUT2D eigenvalue weighted by Crippen LogP contribution is -2.10. The zero-order chi connectivity index (χ0) is 22.5. The molecule has 0 aliphatic carbocycles. The fourth-order valence-corrected chi connectivity index (χ4v) is 3.08. The molecule has 162 valence electrons. The van der Waals surface area contributed by atoms with Crippen molar-refractivity contribution < 1.29 is 43.9 Å². The molecule has 0 aliphatic rings. The third kappa shape index (κ3) is 5.21. The van der Waals surface area contributed by atoms with E-state index in [2.05, 4.69) is 13.8 Å². The molecule has 0 N–H and O–H groups in total. The molecule has 0 heterocycles. The van der Waals surface area contributed by atoms with Crippen LogP contribution in [0.2, 0.25) is 0 Å². The quantitative estimate of drug-likeness (QED) is 0.148. The van der Waals surface area contributed by atoms with Gasteiger partial charge < -0.3 is 0 Å². The maximum Gasteiger partial charge on any atom is 0.200 e. The van der Waals surface area contributed by atoms with Gasteiger partial charge in [-0.05, 0) is 18.7 Å². The third-order valence-corrected chi connectivity index (χ3v) is 4.83. The zero-order valence-corrected chi connectivity index (χ0v) is 16.1. The molecule has 0 bridgehead atoms. The van der Waals surface area contributed by atoms with Crippen LogP contribution in [0.3, 0.4) is 0 Å². The van der Waals surface area contributed by atoms with E-state index in [4.69, 9.17) is 0 Å². The Morgan fingerprint density at radius 3 is 1.00 bits per heavy atom. The van der Waals surface area contributed by atoms with Crippen molar-refractivity contribution in [1.82, 2.24) is 0 Å². The molecule has 0 aromatic heterocycles. The maximum absolute atomic E-state index is 13.4. The minimum atomic E-state index is -2.68. The van der Waals surface area contributed by atoms with Gasteiger partial charge in [0.2, 0.25) is 11.6 Å². The molecule has 2 rings (SSSR count). The van der Waals surface area contributed by atoms with Gasteiger partial charge in [-0.15, -0.1) is 8.58 Å². The van der Waals surface area contributed by atoms with E-state index in [0.29, 0.717) is 0 Å². The molecule has 0 fully saturated rings. The molecular weight excluding hydrogens is 437 g/mol. The topological polar surface area (TPSA) is 0 Å². The van der Waals surface area contributed by atoms with Crippen LogP contribution in [0.4, 0.5) is 43.9 Å². The van der Waals surface area contributed by atoms with Gasteiger partial charge >= 0.3 is 0 Å². The number of rotatable bonds is 5. The van der Waals surface area contributed by atoms with Crippen LogP contribution < -0.4 is 0 Å². The Morgan fingerprint density at radius 1 is 0.483 bits per heavy atom. The summed E-state index contributed by atoms with van der Waals surface area (Å²) in [5, 5.41) is 0. The molecule has 1 atom stereocenters. The number of halogens is 10. The first-order chi connectivity index (χ1) is 13.5. The van der Waals surface area contributed by atoms with Crippen molar-refractivity contribution in [2.75, 3.05) is 12.3 Å². The first-order valence-electron chi connectivity index (χ1n) is 8.26. The van der Waals surface area contributed by atoms with Crippen LogP contribution >= 0.6 is 8.58 Å². The van der Waals surface area contributed by atoms with Crippen molar-refractivity contribution in [1.29, 1.82) is 0 Å². The Bertz CT molecular complexity index is 752. The van der Waals surface area contributed by atoms with E-state index >= 15 is 0 Å². The Labute approximate surface area is 161 Å². The molecular formula is C18H15F10P. The fourth-order valence-electron chi connectivity index (χ4n) is 2.13. The standard InChI is InChI=1S/C12F10.C6H15P/c13-3-1(4(14)8(18)11(21)7(3)17)2-5(15)9(19)12(22)10(20)6(2)16;1-3-5-6-7-4-2/h;7H,3-6H2,1-2H3. The average Bonchev–Trinajstić information content (AvgIpc) is 2.71. The Hall–Kier alpha value is -1.83. The van der Waals surface area contributed by atoms with Crippen molar-refractivity contribution >= 4 is 8.58 Å². The minimum Gasteiger partial charge on any atom is -0.203 e. The van der Waals surface area contributed by atoms with Crippen LogP contribution in [0.5, 0.6) is 0 Å². The second-order valence-electron chi connectivity index (χ2n) is 5.60. The predicted octanol–water partition coefficient (Wildman–Crippen LogP) is 7.23. The molecule has 2 aromatic rings. The largest absolute Gasteiger partial charge is 0.203 e. The van der Waals surface area contributed by atoms with E-state index in [1.165, 1.54) is 33.7 Å². The summed E-state index contributed by atoms with van der Waals surface area (Å²) >= 11 is 0. The number of hydrogen-bond acceptors (Lipinski definition) is 0. The molecule has 0 nitrogen and oxygen atoms in total. The SMILES string of the molecule is CCCCPCC.Fc1c(F)c(F)c(-c2c(F)c(F)c(F)c(F)c2F)c(F)c1F. The molecule has 0 aliphatic heterocycles. The summed E-state index contributed by atoms with van der Waals surface area (Å²) in [6.07, 6.45) is 5.66. The predicted molar refractivity (Wildman–Crippen MR) is 90.1 cm³/mol. The van der Waals surface area contributed by atoms with Crippen LogP contribution in [-0.2, 0) is 0 Å². The third-order valence-electron chi connectivity index (χ3n) is 3.63. The van der Waals surface area contributed by atoms with Crippen LogP contribution in [0.25, 0.3) is 11.1 Å². The highest BCUT2D eigenvalue weighted by molar-refractivity contribution is 7.37. The molecule has 29 heavy (non-hydrogen) atoms. The van der Waals surface area contributed by atoms with Gasteiger partial charge in [0.1, 0.15) is 0 Å². The van der Waals surface area contributed by atoms with E-state index in [1.807, 2.05) is 0 Å². The van der Waals surface area contributed by atoms with Crippen molar-refractivity contribution in [3.05, 3.63) is 58.2 Å². The molecule has 2 aromatic carbocycles. The second kappa shape index (κ2) is 10.8. The van der Waals surface area contributed by atoms with Gasteiger partial charge in [-0.2, -0.15) is 0 Å². The second-order valence-corrected chi connectivity index (χ2v) is 7.30. The fraction of sp³-hybridized carbons (Fsp3) is 0.333. The zero-order valence-electron chi connectivity index (χ0n) is 15.1. The summed E-state index contributed by atoms with van der Waals surface area (Å²) < 4.78 is 131. The van der Waals surface area contributed by atoms with E-state index in [9.17, 15) is 43.9 Å². The van der Waals surface area contributed by atoms with Gasteiger partial charge in [-0.25, -0.2) is 43.9 Å². The normalized spacial score (nSPS) is 11.2. The minimum absolute atomic E-state index is 1.22. The van der Waals surface area contributed by atoms with E-state index in [0.717, 1.165) is 0 Å². The summed E-state index contributed by atoms with van der Waals surface area (Å²) in [7, 11) is 1.22. The molecule has 11 heteroatoms. The van der Waals surface area contributed by atoms with Crippen LogP contribution in [0.1, 0.15) is 26.7 Å². The summed E-state index contributed by atoms with van der Waals surface area (Å²) in [4.78, 5) is 0. The Morgan fingerprint density at radius 2 is 0.759 bits per heavy atom. The highest BCUT2D eigenvalue weighted by atomic mass is 31.1. The monoisotopic (exact) mass is 452 g/mol. The lowest BCUT2D eigenvalue weighted by atomic mass is 10.0. The van der Waals surface area contributed by atoms with Crippen LogP contribution in [0, 0.1) is 58.2 Å². The number of benzene rings is 2. The van der Waals surface area contributed by atoms with Gasteiger partial charge in [-0.3, -0.25) is 0 Å². The highest BCUT2D eigenvalue weighted by Crippen LogP contribution is 2.37. The van der Waals surface area contributed by atoms with Crippen LogP contribution in [-0.4, -0.2) is 12.3 Å². The molecule has 1 unspecified atom stereocenters. The lowest BCUT2D eigenvalue weighted by molar-refractivity contribution is 0.370. The number of unbranched alkanes of at least 4 members (excludes halogenated alkanes) is 1. The van der Waals surface area contributed by atoms with E-state index in [-0.39, 0.29) is 0 Å². The average molecular weight is 452 g/mol. The van der Waals surface area contributed by atoms with E-state index < -0.39 is 69.3 Å². The molecule has 0 saturated carbocycles. The molecule has 0 amide bonds. The lowest BCUT2D eigenvalue weighted by Gasteiger charge is -2.11. The van der Waals surface area contributed by atoms with Gasteiger partial charge in [0.25, 0.3) is 0 Å². The van der Waals surface area contributed by atoms with Crippen molar-refractivity contribution in [2.45, 2.75) is 26.7 Å². The first-order valence-corrected chi connectivity index (χ1v) is 9.68. The highest BCUT2D eigenvalue weighted by Gasteiger charge is 2.34. The summed E-state index contributed by atoms with van der Waals surface area (Å²) in [6, 6.07) is 0. The van der Waals surface area contributed by atoms with Crippen molar-refractivity contribution in [3.8, 4) is 11.1 Å². The van der Waals surface area contributed by atoms with Gasteiger partial charge in [-0.1, -0.05) is 20.3 Å². The molecule has 0 saturated heterocycles. The summed E-state index contributed by atoms with van der Waals surface area (Å²) in [6.45, 7) is 4.51. The van der Waals surface area contributed by atoms with Gasteiger partial charge in [0.15, 0.2) is 46.5 Å². The first kappa shape index (κ1) is 25.2. The maximum atomic E-state index is 13.4. The van der Waals surface area contributed by atoms with E-state index in [1.54, 1.807) is 0 Å². The molecule has 0 radical (unpaired) electrons. The van der Waals surface area contributed by atoms with Crippen molar-refractivity contribution in [2.24, 2.45) is 0 Å². The Kier molecular flexibility index (Phi) is 9.39. The Balaban J connectivity index is 0.000000516.